The van der Waals surface area contributed by atoms with E-state index in [2.05, 4.69) is 4.98 Å². The quantitative estimate of drug-likeness (QED) is 0.849. The Labute approximate surface area is 127 Å². The van der Waals surface area contributed by atoms with E-state index in [1.807, 2.05) is 26.0 Å². The van der Waals surface area contributed by atoms with Crippen LogP contribution in [0.25, 0.3) is 0 Å². The molecule has 0 aliphatic rings. The lowest BCUT2D eigenvalue weighted by atomic mass is 10.3. The second-order valence-electron chi connectivity index (χ2n) is 4.24. The molecular weight excluding hydrogens is 290 g/mol. The number of aryl methyl sites for hydroxylation is 1. The van der Waals surface area contributed by atoms with E-state index in [1.165, 1.54) is 11.3 Å². The van der Waals surface area contributed by atoms with Crippen molar-refractivity contribution in [3.05, 3.63) is 39.8 Å². The van der Waals surface area contributed by atoms with E-state index in [0.717, 1.165) is 10.8 Å². The molecular formula is C15H17NO4S. The number of aromatic nitrogens is 1. The number of hydrogen-bond donors (Lipinski definition) is 1. The third kappa shape index (κ3) is 3.95. The zero-order chi connectivity index (χ0) is 15.2. The first kappa shape index (κ1) is 15.3. The van der Waals surface area contributed by atoms with Crippen LogP contribution in [0.15, 0.2) is 24.3 Å². The lowest BCUT2D eigenvalue weighted by molar-refractivity contribution is 0.0699. The van der Waals surface area contributed by atoms with Gasteiger partial charge in [0, 0.05) is 0 Å². The average molecular weight is 307 g/mol. The Bertz CT molecular complexity index is 607. The summed E-state index contributed by atoms with van der Waals surface area (Å²) in [6.07, 6.45) is 0.716. The number of carbonyl (C=O) groups is 1. The van der Waals surface area contributed by atoms with Gasteiger partial charge in [0.1, 0.15) is 28.7 Å². The van der Waals surface area contributed by atoms with Gasteiger partial charge in [-0.1, -0.05) is 6.92 Å². The van der Waals surface area contributed by atoms with Gasteiger partial charge in [-0.3, -0.25) is 0 Å². The highest BCUT2D eigenvalue weighted by Gasteiger charge is 2.17. The zero-order valence-corrected chi connectivity index (χ0v) is 12.8. The van der Waals surface area contributed by atoms with Gasteiger partial charge in [-0.15, -0.1) is 11.3 Å². The number of carboxylic acid groups (broad SMARTS) is 1. The third-order valence-corrected chi connectivity index (χ3v) is 3.98. The predicted octanol–water partition coefficient (Wildman–Crippen LogP) is 3.38. The topological polar surface area (TPSA) is 68.7 Å². The molecule has 0 aliphatic heterocycles. The maximum absolute atomic E-state index is 11.2. The summed E-state index contributed by atoms with van der Waals surface area (Å²) in [5, 5.41) is 9.97. The highest BCUT2D eigenvalue weighted by molar-refractivity contribution is 7.13. The molecule has 1 N–H and O–H groups in total. The number of rotatable bonds is 7. The summed E-state index contributed by atoms with van der Waals surface area (Å²) < 4.78 is 10.9. The first-order valence-corrected chi connectivity index (χ1v) is 7.53. The SMILES string of the molecule is CCOc1ccc(OCc2nc(CC)sc2C(=O)O)cc1. The molecule has 0 atom stereocenters. The van der Waals surface area contributed by atoms with E-state index in [0.29, 0.717) is 24.5 Å². The van der Waals surface area contributed by atoms with E-state index in [-0.39, 0.29) is 11.5 Å². The summed E-state index contributed by atoms with van der Waals surface area (Å²) >= 11 is 1.20. The molecule has 0 saturated heterocycles. The van der Waals surface area contributed by atoms with Gasteiger partial charge in [0.05, 0.1) is 11.6 Å². The first-order valence-electron chi connectivity index (χ1n) is 6.71. The van der Waals surface area contributed by atoms with Crippen LogP contribution in [-0.4, -0.2) is 22.7 Å². The molecule has 0 aliphatic carbocycles. The van der Waals surface area contributed by atoms with Gasteiger partial charge in [0.25, 0.3) is 0 Å². The molecule has 0 fully saturated rings. The zero-order valence-electron chi connectivity index (χ0n) is 12.0. The fourth-order valence-corrected chi connectivity index (χ4v) is 2.61. The monoisotopic (exact) mass is 307 g/mol. The van der Waals surface area contributed by atoms with Crippen molar-refractivity contribution in [1.82, 2.24) is 4.98 Å². The number of hydrogen-bond acceptors (Lipinski definition) is 5. The summed E-state index contributed by atoms with van der Waals surface area (Å²) in [6.45, 7) is 4.62. The fraction of sp³-hybridized carbons (Fsp3) is 0.333. The normalized spacial score (nSPS) is 10.4. The molecule has 2 rings (SSSR count). The molecule has 112 valence electrons. The average Bonchev–Trinajstić information content (AvgIpc) is 2.90. The van der Waals surface area contributed by atoms with Crippen molar-refractivity contribution >= 4 is 17.3 Å². The Morgan fingerprint density at radius 3 is 2.33 bits per heavy atom. The Balaban J connectivity index is 2.05. The second kappa shape index (κ2) is 7.08. The summed E-state index contributed by atoms with van der Waals surface area (Å²) in [4.78, 5) is 15.7. The summed E-state index contributed by atoms with van der Waals surface area (Å²) in [5.74, 6) is 0.469. The van der Waals surface area contributed by atoms with Crippen LogP contribution < -0.4 is 9.47 Å². The van der Waals surface area contributed by atoms with Crippen molar-refractivity contribution in [2.24, 2.45) is 0 Å². The molecule has 2 aromatic rings. The van der Waals surface area contributed by atoms with Gasteiger partial charge in [0.15, 0.2) is 0 Å². The molecule has 0 bridgehead atoms. The lowest BCUT2D eigenvalue weighted by Crippen LogP contribution is -2.03. The van der Waals surface area contributed by atoms with Gasteiger partial charge in [-0.2, -0.15) is 0 Å². The van der Waals surface area contributed by atoms with Crippen molar-refractivity contribution in [3.8, 4) is 11.5 Å². The first-order chi connectivity index (χ1) is 10.1. The molecule has 0 radical (unpaired) electrons. The molecule has 1 heterocycles. The standard InChI is InChI=1S/C15H17NO4S/c1-3-13-16-12(14(21-13)15(17)18)9-20-11-7-5-10(6-8-11)19-4-2/h5-8H,3-4,9H2,1-2H3,(H,17,18). The molecule has 0 amide bonds. The van der Waals surface area contributed by atoms with Gasteiger partial charge in [-0.25, -0.2) is 9.78 Å². The second-order valence-corrected chi connectivity index (χ2v) is 5.32. The minimum Gasteiger partial charge on any atom is -0.494 e. The Morgan fingerprint density at radius 2 is 1.81 bits per heavy atom. The van der Waals surface area contributed by atoms with Crippen molar-refractivity contribution in [2.45, 2.75) is 26.9 Å². The minimum absolute atomic E-state index is 0.145. The summed E-state index contributed by atoms with van der Waals surface area (Å²) in [5.41, 5.74) is 0.471. The lowest BCUT2D eigenvalue weighted by Gasteiger charge is -2.07. The number of benzene rings is 1. The fourth-order valence-electron chi connectivity index (χ4n) is 1.77. The molecule has 1 aromatic carbocycles. The van der Waals surface area contributed by atoms with Crippen LogP contribution in [0.2, 0.25) is 0 Å². The van der Waals surface area contributed by atoms with Crippen LogP contribution in [0.5, 0.6) is 11.5 Å². The number of carboxylic acids is 1. The largest absolute Gasteiger partial charge is 0.494 e. The van der Waals surface area contributed by atoms with Crippen LogP contribution >= 0.6 is 11.3 Å². The van der Waals surface area contributed by atoms with E-state index in [4.69, 9.17) is 14.6 Å². The number of thiazole rings is 1. The van der Waals surface area contributed by atoms with Crippen LogP contribution in [0.1, 0.15) is 34.2 Å². The van der Waals surface area contributed by atoms with Crippen LogP contribution in [-0.2, 0) is 13.0 Å². The molecule has 0 unspecified atom stereocenters. The predicted molar refractivity (Wildman–Crippen MR) is 80.4 cm³/mol. The molecule has 6 heteroatoms. The highest BCUT2D eigenvalue weighted by atomic mass is 32.1. The molecule has 5 nitrogen and oxygen atoms in total. The van der Waals surface area contributed by atoms with Crippen LogP contribution in [0, 0.1) is 0 Å². The van der Waals surface area contributed by atoms with Gasteiger partial charge < -0.3 is 14.6 Å². The van der Waals surface area contributed by atoms with E-state index < -0.39 is 5.97 Å². The Hall–Kier alpha value is -2.08. The van der Waals surface area contributed by atoms with Crippen LogP contribution in [0.4, 0.5) is 0 Å². The number of nitrogens with zero attached hydrogens (tertiary/aromatic N) is 1. The minimum atomic E-state index is -0.961. The molecule has 21 heavy (non-hydrogen) atoms. The number of ether oxygens (including phenoxy) is 2. The smallest absolute Gasteiger partial charge is 0.347 e. The highest BCUT2D eigenvalue weighted by Crippen LogP contribution is 2.22. The van der Waals surface area contributed by atoms with Crippen molar-refractivity contribution in [3.63, 3.8) is 0 Å². The van der Waals surface area contributed by atoms with Crippen molar-refractivity contribution in [1.29, 1.82) is 0 Å². The molecule has 0 saturated carbocycles. The van der Waals surface area contributed by atoms with E-state index in [1.54, 1.807) is 12.1 Å². The number of aromatic carboxylic acids is 1. The van der Waals surface area contributed by atoms with Gasteiger partial charge in [-0.05, 0) is 37.6 Å². The van der Waals surface area contributed by atoms with Crippen LogP contribution in [0.3, 0.4) is 0 Å². The van der Waals surface area contributed by atoms with Crippen molar-refractivity contribution in [2.75, 3.05) is 6.61 Å². The van der Waals surface area contributed by atoms with Gasteiger partial charge in [0.2, 0.25) is 0 Å². The Morgan fingerprint density at radius 1 is 1.19 bits per heavy atom. The third-order valence-electron chi connectivity index (χ3n) is 2.75. The van der Waals surface area contributed by atoms with E-state index >= 15 is 0 Å². The Kier molecular flexibility index (Phi) is 5.16. The summed E-state index contributed by atoms with van der Waals surface area (Å²) in [6, 6.07) is 7.21. The maximum Gasteiger partial charge on any atom is 0.347 e. The molecule has 1 aromatic heterocycles. The van der Waals surface area contributed by atoms with E-state index in [9.17, 15) is 4.79 Å². The molecule has 0 spiro atoms. The van der Waals surface area contributed by atoms with Crippen molar-refractivity contribution < 1.29 is 19.4 Å². The maximum atomic E-state index is 11.2. The summed E-state index contributed by atoms with van der Waals surface area (Å²) in [7, 11) is 0. The van der Waals surface area contributed by atoms with Gasteiger partial charge >= 0.3 is 5.97 Å².